The zero-order valence-electron chi connectivity index (χ0n) is 8.79. The van der Waals surface area contributed by atoms with Crippen molar-refractivity contribution in [3.05, 3.63) is 0 Å². The highest BCUT2D eigenvalue weighted by Gasteiger charge is 2.41. The summed E-state index contributed by atoms with van der Waals surface area (Å²) < 4.78 is 0. The number of β-amino-alcohol motifs (C(OH)–C–C–N with tert-alkyl or cyclic N) is 2. The first kappa shape index (κ1) is 10.4. The number of rotatable bonds is 2. The number of piperidine rings is 1. The number of aliphatic hydroxyl groups is 2. The van der Waals surface area contributed by atoms with Gasteiger partial charge in [-0.3, -0.25) is 4.90 Å². The van der Waals surface area contributed by atoms with Crippen LogP contribution in [0.5, 0.6) is 0 Å². The van der Waals surface area contributed by atoms with E-state index in [2.05, 4.69) is 10.2 Å². The van der Waals surface area contributed by atoms with Crippen molar-refractivity contribution in [3.8, 4) is 0 Å². The van der Waals surface area contributed by atoms with Crippen LogP contribution in [0.1, 0.15) is 19.8 Å². The zero-order chi connectivity index (χ0) is 10.2. The maximum absolute atomic E-state index is 10.2. The zero-order valence-corrected chi connectivity index (χ0v) is 8.79. The van der Waals surface area contributed by atoms with Gasteiger partial charge in [0.05, 0.1) is 11.2 Å². The van der Waals surface area contributed by atoms with E-state index in [0.29, 0.717) is 19.6 Å². The number of hydrogen-bond donors (Lipinski definition) is 3. The Morgan fingerprint density at radius 1 is 1.21 bits per heavy atom. The van der Waals surface area contributed by atoms with Crippen LogP contribution >= 0.6 is 0 Å². The molecule has 0 aliphatic carbocycles. The summed E-state index contributed by atoms with van der Waals surface area (Å²) in [5.74, 6) is 0. The van der Waals surface area contributed by atoms with Gasteiger partial charge in [0, 0.05) is 19.6 Å². The molecule has 0 saturated carbocycles. The smallest absolute Gasteiger partial charge is 0.0872 e. The molecular formula is C10H20N2O2. The van der Waals surface area contributed by atoms with E-state index in [9.17, 15) is 10.2 Å². The normalized spacial score (nSPS) is 31.1. The highest BCUT2D eigenvalue weighted by atomic mass is 16.3. The SMILES string of the molecule is CC1(O)CN(CC2(O)CCNCC2)C1. The molecule has 0 aromatic heterocycles. The molecule has 2 aliphatic heterocycles. The monoisotopic (exact) mass is 200 g/mol. The van der Waals surface area contributed by atoms with Crippen molar-refractivity contribution in [2.45, 2.75) is 31.0 Å². The second-order valence-corrected chi connectivity index (χ2v) is 5.12. The second-order valence-electron chi connectivity index (χ2n) is 5.12. The lowest BCUT2D eigenvalue weighted by molar-refractivity contribution is -0.119. The molecule has 0 aromatic carbocycles. The van der Waals surface area contributed by atoms with Gasteiger partial charge in [-0.15, -0.1) is 0 Å². The minimum Gasteiger partial charge on any atom is -0.388 e. The van der Waals surface area contributed by atoms with Gasteiger partial charge in [0.2, 0.25) is 0 Å². The minimum atomic E-state index is -0.526. The standard InChI is InChI=1S/C10H20N2O2/c1-9(13)6-12(7-9)8-10(14)2-4-11-5-3-10/h11,13-14H,2-8H2,1H3. The number of hydrogen-bond acceptors (Lipinski definition) is 4. The van der Waals surface area contributed by atoms with Crippen LogP contribution in [0.15, 0.2) is 0 Å². The van der Waals surface area contributed by atoms with Gasteiger partial charge in [0.15, 0.2) is 0 Å². The third-order valence-electron chi connectivity index (χ3n) is 3.18. The van der Waals surface area contributed by atoms with Crippen LogP contribution in [0.3, 0.4) is 0 Å². The van der Waals surface area contributed by atoms with E-state index in [0.717, 1.165) is 25.9 Å². The van der Waals surface area contributed by atoms with Crippen molar-refractivity contribution < 1.29 is 10.2 Å². The first-order valence-corrected chi connectivity index (χ1v) is 5.37. The highest BCUT2D eigenvalue weighted by molar-refractivity contribution is 4.96. The van der Waals surface area contributed by atoms with E-state index in [-0.39, 0.29) is 0 Å². The molecule has 14 heavy (non-hydrogen) atoms. The summed E-state index contributed by atoms with van der Waals surface area (Å²) in [6.45, 7) is 5.76. The average molecular weight is 200 g/mol. The molecule has 0 aromatic rings. The molecule has 2 saturated heterocycles. The molecule has 82 valence electrons. The topological polar surface area (TPSA) is 55.7 Å². The predicted octanol–water partition coefficient (Wildman–Crippen LogP) is -0.832. The second kappa shape index (κ2) is 3.45. The van der Waals surface area contributed by atoms with Crippen molar-refractivity contribution in [3.63, 3.8) is 0 Å². The molecule has 2 rings (SSSR count). The van der Waals surface area contributed by atoms with E-state index in [1.54, 1.807) is 0 Å². The van der Waals surface area contributed by atoms with E-state index < -0.39 is 11.2 Å². The number of nitrogens with zero attached hydrogens (tertiary/aromatic N) is 1. The summed E-state index contributed by atoms with van der Waals surface area (Å²) in [4.78, 5) is 2.13. The Kier molecular flexibility index (Phi) is 2.55. The molecule has 2 fully saturated rings. The summed E-state index contributed by atoms with van der Waals surface area (Å²) in [5.41, 5.74) is -1.05. The fraction of sp³-hybridized carbons (Fsp3) is 1.00. The Balaban J connectivity index is 1.79. The first-order chi connectivity index (χ1) is 6.49. The van der Waals surface area contributed by atoms with E-state index in [4.69, 9.17) is 0 Å². The summed E-state index contributed by atoms with van der Waals surface area (Å²) in [6, 6.07) is 0. The van der Waals surface area contributed by atoms with Crippen molar-refractivity contribution in [1.82, 2.24) is 10.2 Å². The summed E-state index contributed by atoms with van der Waals surface area (Å²) in [6.07, 6.45) is 1.65. The molecule has 0 amide bonds. The van der Waals surface area contributed by atoms with Gasteiger partial charge in [-0.05, 0) is 32.9 Å². The lowest BCUT2D eigenvalue weighted by Crippen LogP contribution is -2.64. The lowest BCUT2D eigenvalue weighted by Gasteiger charge is -2.48. The molecule has 2 heterocycles. The molecule has 0 atom stereocenters. The van der Waals surface area contributed by atoms with Gasteiger partial charge in [-0.1, -0.05) is 0 Å². The summed E-state index contributed by atoms with van der Waals surface area (Å²) in [7, 11) is 0. The van der Waals surface area contributed by atoms with Gasteiger partial charge in [0.1, 0.15) is 0 Å². The Morgan fingerprint density at radius 3 is 2.29 bits per heavy atom. The maximum atomic E-state index is 10.2. The van der Waals surface area contributed by atoms with Crippen LogP contribution < -0.4 is 5.32 Å². The fourth-order valence-electron chi connectivity index (χ4n) is 2.50. The summed E-state index contributed by atoms with van der Waals surface area (Å²) in [5, 5.41) is 23.0. The fourth-order valence-corrected chi connectivity index (χ4v) is 2.50. The van der Waals surface area contributed by atoms with Crippen molar-refractivity contribution in [1.29, 1.82) is 0 Å². The van der Waals surface area contributed by atoms with Gasteiger partial charge in [0.25, 0.3) is 0 Å². The van der Waals surface area contributed by atoms with E-state index in [1.807, 2.05) is 6.92 Å². The van der Waals surface area contributed by atoms with Crippen LogP contribution in [-0.4, -0.2) is 59.0 Å². The minimum absolute atomic E-state index is 0.525. The molecule has 0 spiro atoms. The molecule has 2 aliphatic rings. The van der Waals surface area contributed by atoms with Crippen LogP contribution in [0.2, 0.25) is 0 Å². The molecule has 0 unspecified atom stereocenters. The first-order valence-electron chi connectivity index (χ1n) is 5.37. The van der Waals surface area contributed by atoms with Crippen LogP contribution in [0, 0.1) is 0 Å². The van der Waals surface area contributed by atoms with Gasteiger partial charge >= 0.3 is 0 Å². The third-order valence-corrected chi connectivity index (χ3v) is 3.18. The van der Waals surface area contributed by atoms with Crippen molar-refractivity contribution >= 4 is 0 Å². The Labute approximate surface area is 84.9 Å². The van der Waals surface area contributed by atoms with E-state index in [1.165, 1.54) is 0 Å². The van der Waals surface area contributed by atoms with Crippen LogP contribution in [-0.2, 0) is 0 Å². The molecule has 0 radical (unpaired) electrons. The average Bonchev–Trinajstić information content (AvgIpc) is 2.01. The molecule has 4 nitrogen and oxygen atoms in total. The number of likely N-dealkylation sites (tertiary alicyclic amines) is 1. The largest absolute Gasteiger partial charge is 0.388 e. The predicted molar refractivity (Wildman–Crippen MR) is 54.1 cm³/mol. The van der Waals surface area contributed by atoms with Crippen molar-refractivity contribution in [2.75, 3.05) is 32.7 Å². The van der Waals surface area contributed by atoms with Crippen LogP contribution in [0.25, 0.3) is 0 Å². The highest BCUT2D eigenvalue weighted by Crippen LogP contribution is 2.26. The molecule has 0 bridgehead atoms. The van der Waals surface area contributed by atoms with E-state index >= 15 is 0 Å². The number of nitrogens with one attached hydrogen (secondary N) is 1. The molecular weight excluding hydrogens is 180 g/mol. The van der Waals surface area contributed by atoms with Crippen molar-refractivity contribution in [2.24, 2.45) is 0 Å². The maximum Gasteiger partial charge on any atom is 0.0872 e. The Hall–Kier alpha value is -0.160. The third kappa shape index (κ3) is 2.25. The molecule has 4 heteroatoms. The lowest BCUT2D eigenvalue weighted by atomic mass is 9.88. The Morgan fingerprint density at radius 2 is 1.79 bits per heavy atom. The summed E-state index contributed by atoms with van der Waals surface area (Å²) >= 11 is 0. The quantitative estimate of drug-likeness (QED) is 0.544. The van der Waals surface area contributed by atoms with Crippen LogP contribution in [0.4, 0.5) is 0 Å². The van der Waals surface area contributed by atoms with Gasteiger partial charge in [-0.2, -0.15) is 0 Å². The van der Waals surface area contributed by atoms with Gasteiger partial charge < -0.3 is 15.5 Å². The van der Waals surface area contributed by atoms with Gasteiger partial charge in [-0.25, -0.2) is 0 Å². The molecule has 3 N–H and O–H groups in total. The Bertz CT molecular complexity index is 204.